The van der Waals surface area contributed by atoms with Gasteiger partial charge < -0.3 is 28.8 Å². The molecule has 0 heterocycles. The minimum Gasteiger partial charge on any atom is -0.497 e. The molecule has 0 bridgehead atoms. The summed E-state index contributed by atoms with van der Waals surface area (Å²) < 4.78 is 30.2. The van der Waals surface area contributed by atoms with Gasteiger partial charge in [0, 0.05) is 23.3 Å². The monoisotopic (exact) mass is 816 g/mol. The van der Waals surface area contributed by atoms with Gasteiger partial charge in [0.05, 0.1) is 34.5 Å². The van der Waals surface area contributed by atoms with E-state index in [2.05, 4.69) is 72.8 Å². The zero-order valence-corrected chi connectivity index (χ0v) is 35.7. The first-order valence-electron chi connectivity index (χ1n) is 20.8. The van der Waals surface area contributed by atoms with Crippen LogP contribution in [0, 0.1) is 0 Å². The summed E-state index contributed by atoms with van der Waals surface area (Å²) in [6.45, 7) is 4.02. The number of hydrogen-bond acceptors (Lipinski definition) is 6. The Kier molecular flexibility index (Phi) is 10.8. The first-order chi connectivity index (χ1) is 30.3. The molecule has 0 saturated heterocycles. The van der Waals surface area contributed by atoms with Crippen LogP contribution >= 0.6 is 0 Å². The molecule has 0 aliphatic heterocycles. The van der Waals surface area contributed by atoms with Crippen molar-refractivity contribution in [2.24, 2.45) is 0 Å². The van der Waals surface area contributed by atoms with E-state index in [-0.39, 0.29) is 6.10 Å². The second kappa shape index (κ2) is 16.6. The molecule has 308 valence electrons. The van der Waals surface area contributed by atoms with E-state index in [1.54, 1.807) is 28.4 Å². The molecule has 62 heavy (non-hydrogen) atoms. The molecule has 6 heteroatoms. The molecule has 8 aromatic carbocycles. The van der Waals surface area contributed by atoms with Crippen LogP contribution in [-0.2, 0) is 5.60 Å². The van der Waals surface area contributed by atoms with Crippen LogP contribution < -0.4 is 23.7 Å². The maximum atomic E-state index is 15.0. The Balaban J connectivity index is 1.64. The Morgan fingerprint density at radius 3 is 1.10 bits per heavy atom. The summed E-state index contributed by atoms with van der Waals surface area (Å²) in [5, 5.41) is 19.2. The second-order valence-corrected chi connectivity index (χ2v) is 15.7. The van der Waals surface area contributed by atoms with E-state index in [0.29, 0.717) is 45.5 Å². The van der Waals surface area contributed by atoms with Crippen molar-refractivity contribution in [3.63, 3.8) is 0 Å². The molecular formula is C56H48O6. The zero-order valence-electron chi connectivity index (χ0n) is 35.7. The van der Waals surface area contributed by atoms with Crippen LogP contribution in [0.2, 0.25) is 0 Å². The fraction of sp³-hybridized carbons (Fsp3) is 0.143. The van der Waals surface area contributed by atoms with E-state index in [9.17, 15) is 0 Å². The smallest absolute Gasteiger partial charge is 0.142 e. The Bertz CT molecular complexity index is 2780. The van der Waals surface area contributed by atoms with Gasteiger partial charge in [-0.05, 0) is 122 Å². The van der Waals surface area contributed by atoms with E-state index in [4.69, 9.17) is 23.7 Å². The molecule has 0 radical (unpaired) electrons. The fourth-order valence-electron chi connectivity index (χ4n) is 9.13. The standard InChI is InChI=1S/C56H48O6/c1-35(2)62-41-27-25-40(26-28-41)56(57)54(36-17-9-7-10-18-36)50(38-29-42(58-3)33-43(30-38)59-4)52-48-23-15-13-21-46(48)47-22-14-16-24-49(47)53(52)51(55(56)37-19-11-8-12-20-37)39-31-44(60-5)34-45(32-39)61-6/h7-35,57H,1-6H3. The van der Waals surface area contributed by atoms with Crippen molar-refractivity contribution in [1.82, 2.24) is 0 Å². The molecule has 0 amide bonds. The van der Waals surface area contributed by atoms with Gasteiger partial charge in [-0.1, -0.05) is 121 Å². The normalized spacial score (nSPS) is 13.5. The predicted octanol–water partition coefficient (Wildman–Crippen LogP) is 12.6. The SMILES string of the molecule is COc1cc(OC)cc(C2=C(c3ccccc3)C(O)(c3ccc(OC(C)C)cc3)C(c3ccccc3)=C(c3cc(OC)cc(OC)c3)c3c2c2ccccc2c2ccccc32)c1. The highest BCUT2D eigenvalue weighted by atomic mass is 16.5. The average Bonchev–Trinajstić information content (AvgIpc) is 3.43. The summed E-state index contributed by atoms with van der Waals surface area (Å²) in [4.78, 5) is 0. The van der Waals surface area contributed by atoms with Crippen molar-refractivity contribution in [3.05, 3.63) is 209 Å². The highest BCUT2D eigenvalue weighted by Gasteiger charge is 2.47. The van der Waals surface area contributed by atoms with Crippen molar-refractivity contribution in [3.8, 4) is 28.7 Å². The Hall–Kier alpha value is -7.28. The second-order valence-electron chi connectivity index (χ2n) is 15.7. The van der Waals surface area contributed by atoms with E-state index in [1.807, 2.05) is 111 Å². The van der Waals surface area contributed by atoms with Crippen LogP contribution in [0.3, 0.4) is 0 Å². The number of benzene rings is 8. The van der Waals surface area contributed by atoms with Crippen molar-refractivity contribution in [1.29, 1.82) is 0 Å². The molecule has 6 nitrogen and oxygen atoms in total. The van der Waals surface area contributed by atoms with Crippen LogP contribution in [0.1, 0.15) is 52.8 Å². The largest absolute Gasteiger partial charge is 0.497 e. The van der Waals surface area contributed by atoms with Gasteiger partial charge in [-0.15, -0.1) is 0 Å². The van der Waals surface area contributed by atoms with Crippen molar-refractivity contribution in [2.45, 2.75) is 25.6 Å². The summed E-state index contributed by atoms with van der Waals surface area (Å²) in [6.07, 6.45) is -0.0401. The molecule has 0 spiro atoms. The molecule has 0 saturated carbocycles. The molecule has 1 N–H and O–H groups in total. The third-order valence-electron chi connectivity index (χ3n) is 11.7. The first kappa shape index (κ1) is 40.1. The van der Waals surface area contributed by atoms with Gasteiger partial charge in [0.1, 0.15) is 34.3 Å². The Morgan fingerprint density at radius 2 is 0.742 bits per heavy atom. The number of methoxy groups -OCH3 is 4. The lowest BCUT2D eigenvalue weighted by Crippen LogP contribution is -2.31. The summed E-state index contributed by atoms with van der Waals surface area (Å²) >= 11 is 0. The van der Waals surface area contributed by atoms with Gasteiger partial charge in [-0.25, -0.2) is 0 Å². The number of aliphatic hydroxyl groups is 1. The molecular weight excluding hydrogens is 769 g/mol. The lowest BCUT2D eigenvalue weighted by molar-refractivity contribution is 0.165. The van der Waals surface area contributed by atoms with Crippen LogP contribution in [0.4, 0.5) is 0 Å². The van der Waals surface area contributed by atoms with E-state index in [0.717, 1.165) is 66.1 Å². The molecule has 9 rings (SSSR count). The Labute approximate surface area is 362 Å². The summed E-state index contributed by atoms with van der Waals surface area (Å²) in [6, 6.07) is 57.3. The summed E-state index contributed by atoms with van der Waals surface area (Å²) in [5.74, 6) is 3.16. The number of fused-ring (bicyclic) bond motifs is 6. The lowest BCUT2D eigenvalue weighted by atomic mass is 9.70. The van der Waals surface area contributed by atoms with E-state index >= 15 is 5.11 Å². The van der Waals surface area contributed by atoms with Crippen molar-refractivity contribution in [2.75, 3.05) is 28.4 Å². The topological polar surface area (TPSA) is 66.4 Å². The van der Waals surface area contributed by atoms with Gasteiger partial charge in [-0.2, -0.15) is 0 Å². The average molecular weight is 817 g/mol. The van der Waals surface area contributed by atoms with Crippen LogP contribution in [0.25, 0.3) is 43.8 Å². The number of hydrogen-bond donors (Lipinski definition) is 1. The minimum atomic E-state index is -1.86. The van der Waals surface area contributed by atoms with E-state index in [1.165, 1.54) is 0 Å². The molecule has 1 aliphatic carbocycles. The molecule has 0 aromatic heterocycles. The van der Waals surface area contributed by atoms with Gasteiger partial charge in [-0.3, -0.25) is 0 Å². The molecule has 1 aliphatic rings. The third-order valence-corrected chi connectivity index (χ3v) is 11.7. The van der Waals surface area contributed by atoms with Crippen molar-refractivity contribution >= 4 is 43.8 Å². The summed E-state index contributed by atoms with van der Waals surface area (Å²) in [7, 11) is 6.65. The third kappa shape index (κ3) is 6.92. The number of ether oxygens (including phenoxy) is 5. The maximum Gasteiger partial charge on any atom is 0.142 e. The van der Waals surface area contributed by atoms with Crippen LogP contribution in [0.5, 0.6) is 28.7 Å². The van der Waals surface area contributed by atoms with Crippen LogP contribution in [-0.4, -0.2) is 39.6 Å². The van der Waals surface area contributed by atoms with Gasteiger partial charge >= 0.3 is 0 Å². The highest BCUT2D eigenvalue weighted by molar-refractivity contribution is 6.27. The van der Waals surface area contributed by atoms with Crippen LogP contribution in [0.15, 0.2) is 170 Å². The Morgan fingerprint density at radius 1 is 0.387 bits per heavy atom. The maximum absolute atomic E-state index is 15.0. The molecule has 0 atom stereocenters. The lowest BCUT2D eigenvalue weighted by Gasteiger charge is -2.37. The van der Waals surface area contributed by atoms with Gasteiger partial charge in [0.25, 0.3) is 0 Å². The fourth-order valence-corrected chi connectivity index (χ4v) is 9.13. The van der Waals surface area contributed by atoms with Gasteiger partial charge in [0.2, 0.25) is 0 Å². The predicted molar refractivity (Wildman–Crippen MR) is 251 cm³/mol. The van der Waals surface area contributed by atoms with Crippen molar-refractivity contribution < 1.29 is 28.8 Å². The highest BCUT2D eigenvalue weighted by Crippen LogP contribution is 2.60. The minimum absolute atomic E-state index is 0.0401. The van der Waals surface area contributed by atoms with Gasteiger partial charge in [0.15, 0.2) is 0 Å². The number of rotatable bonds is 11. The quantitative estimate of drug-likeness (QED) is 0.131. The summed E-state index contributed by atoms with van der Waals surface area (Å²) in [5.41, 5.74) is 6.91. The molecule has 8 aromatic rings. The molecule has 0 unspecified atom stereocenters. The first-order valence-corrected chi connectivity index (χ1v) is 20.8. The van der Waals surface area contributed by atoms with E-state index < -0.39 is 5.60 Å². The molecule has 0 fully saturated rings. The zero-order chi connectivity index (χ0) is 43.0.